The van der Waals surface area contributed by atoms with E-state index < -0.39 is 11.7 Å². The molecule has 4 aromatic heterocycles. The number of pyridine rings is 2. The van der Waals surface area contributed by atoms with E-state index in [1.54, 1.807) is 39.6 Å². The van der Waals surface area contributed by atoms with Gasteiger partial charge in [0.2, 0.25) is 0 Å². The molecule has 0 atom stereocenters. The van der Waals surface area contributed by atoms with Gasteiger partial charge in [0, 0.05) is 12.3 Å². The van der Waals surface area contributed by atoms with Gasteiger partial charge in [-0.2, -0.15) is 8.97 Å². The molecule has 4 aromatic rings. The molecule has 0 unspecified atom stereocenters. The fraction of sp³-hybridized carbons (Fsp3) is 0.0588. The van der Waals surface area contributed by atoms with E-state index in [0.717, 1.165) is 11.1 Å². The van der Waals surface area contributed by atoms with Crippen LogP contribution < -0.4 is 9.72 Å². The first kappa shape index (κ1) is 17.4. The maximum absolute atomic E-state index is 13.0. The average Bonchev–Trinajstić information content (AvgIpc) is 3.19. The van der Waals surface area contributed by atoms with Crippen molar-refractivity contribution in [2.75, 3.05) is 5.32 Å². The van der Waals surface area contributed by atoms with Gasteiger partial charge in [0.15, 0.2) is 4.47 Å². The Balaban J connectivity index is 1.75. The molecule has 0 bridgehead atoms. The lowest BCUT2D eigenvalue weighted by Gasteiger charge is -2.01. The minimum Gasteiger partial charge on any atom is -0.474 e. The number of anilines is 1. The van der Waals surface area contributed by atoms with Gasteiger partial charge in [-0.15, -0.1) is 11.3 Å². The van der Waals surface area contributed by atoms with E-state index in [1.807, 2.05) is 0 Å². The molecule has 0 radical (unpaired) electrons. The zero-order chi connectivity index (χ0) is 19.0. The summed E-state index contributed by atoms with van der Waals surface area (Å²) in [5, 5.41) is 13.3. The fourth-order valence-electron chi connectivity index (χ4n) is 2.69. The number of hydrogen-bond donors (Lipinski definition) is 2. The molecule has 0 spiro atoms. The number of carbonyl (C=O) groups is 1. The summed E-state index contributed by atoms with van der Waals surface area (Å²) in [4.78, 5) is 21.4. The number of aromatic hydroxyl groups is 1. The summed E-state index contributed by atoms with van der Waals surface area (Å²) >= 11 is 7.16. The van der Waals surface area contributed by atoms with E-state index in [1.165, 1.54) is 23.5 Å². The van der Waals surface area contributed by atoms with E-state index in [9.17, 15) is 14.3 Å². The Kier molecular flexibility index (Phi) is 4.46. The third-order valence-electron chi connectivity index (χ3n) is 3.85. The van der Waals surface area contributed by atoms with Crippen molar-refractivity contribution >= 4 is 40.3 Å². The quantitative estimate of drug-likeness (QED) is 0.512. The first-order chi connectivity index (χ1) is 13.0. The van der Waals surface area contributed by atoms with Crippen LogP contribution in [0.3, 0.4) is 0 Å². The highest BCUT2D eigenvalue weighted by Gasteiger charge is 2.31. The zero-order valence-corrected chi connectivity index (χ0v) is 15.2. The first-order valence-corrected chi connectivity index (χ1v) is 8.97. The number of rotatable bonds is 4. The second kappa shape index (κ2) is 6.93. The SMILES string of the molecule is O=C(Nc1ccc(F)cn1)c1c(O)n(Cc2cnc(Cl)s2)c2cccc[n+]12. The largest absolute Gasteiger partial charge is 0.474 e. The Morgan fingerprint density at radius 1 is 1.30 bits per heavy atom. The standard InChI is InChI=1S/C17H11ClFN5O2S/c18-17-21-8-11(27-17)9-24-13-3-1-2-6-23(13)14(16(24)26)15(25)22-12-5-4-10(19)7-20-12/h1-8H,9H2,(H-,20,22,25,26)/p+1. The summed E-state index contributed by atoms with van der Waals surface area (Å²) in [7, 11) is 0. The molecule has 0 aliphatic rings. The fourth-order valence-corrected chi connectivity index (χ4v) is 3.66. The van der Waals surface area contributed by atoms with Crippen LogP contribution in [0.5, 0.6) is 5.88 Å². The molecule has 4 heterocycles. The van der Waals surface area contributed by atoms with Crippen molar-refractivity contribution in [2.24, 2.45) is 0 Å². The predicted molar refractivity (Wildman–Crippen MR) is 97.6 cm³/mol. The van der Waals surface area contributed by atoms with E-state index >= 15 is 0 Å². The molecule has 4 rings (SSSR count). The summed E-state index contributed by atoms with van der Waals surface area (Å²) < 4.78 is 16.5. The average molecular weight is 405 g/mol. The Morgan fingerprint density at radius 2 is 2.15 bits per heavy atom. The topological polar surface area (TPSA) is 84.1 Å². The van der Waals surface area contributed by atoms with E-state index in [2.05, 4.69) is 15.3 Å². The van der Waals surface area contributed by atoms with Crippen molar-refractivity contribution in [3.8, 4) is 5.88 Å². The normalized spacial score (nSPS) is 11.0. The van der Waals surface area contributed by atoms with Crippen LogP contribution in [0.4, 0.5) is 10.2 Å². The molecular formula is C17H12ClFN5O2S+. The number of aromatic nitrogens is 4. The van der Waals surface area contributed by atoms with Gasteiger partial charge >= 0.3 is 11.8 Å². The maximum Gasteiger partial charge on any atom is 0.337 e. The van der Waals surface area contributed by atoms with Gasteiger partial charge in [0.05, 0.1) is 17.3 Å². The minimum atomic E-state index is -0.575. The summed E-state index contributed by atoms with van der Waals surface area (Å²) in [5.41, 5.74) is 0.643. The highest BCUT2D eigenvalue weighted by atomic mass is 35.5. The molecule has 10 heteroatoms. The Morgan fingerprint density at radius 3 is 2.85 bits per heavy atom. The van der Waals surface area contributed by atoms with Crippen LogP contribution in [0.25, 0.3) is 5.65 Å². The highest BCUT2D eigenvalue weighted by molar-refractivity contribution is 7.15. The van der Waals surface area contributed by atoms with Gasteiger partial charge in [-0.3, -0.25) is 4.79 Å². The van der Waals surface area contributed by atoms with Gasteiger partial charge in [-0.05, 0) is 18.2 Å². The van der Waals surface area contributed by atoms with Gasteiger partial charge in [-0.25, -0.2) is 14.4 Å². The number of thiazole rings is 1. The summed E-state index contributed by atoms with van der Waals surface area (Å²) in [6, 6.07) is 7.84. The molecule has 0 saturated heterocycles. The highest BCUT2D eigenvalue weighted by Crippen LogP contribution is 2.24. The summed E-state index contributed by atoms with van der Waals surface area (Å²) in [6.45, 7) is 0.297. The van der Waals surface area contributed by atoms with Crippen LogP contribution in [0.15, 0.2) is 48.9 Å². The van der Waals surface area contributed by atoms with E-state index in [0.29, 0.717) is 16.7 Å². The van der Waals surface area contributed by atoms with Gasteiger partial charge < -0.3 is 10.4 Å². The lowest BCUT2D eigenvalue weighted by atomic mass is 10.3. The molecule has 1 amide bonds. The molecule has 0 aromatic carbocycles. The molecule has 0 saturated carbocycles. The Bertz CT molecular complexity index is 1140. The Hall–Kier alpha value is -3.04. The number of amides is 1. The maximum atomic E-state index is 13.0. The van der Waals surface area contributed by atoms with Crippen LogP contribution in [-0.2, 0) is 6.54 Å². The van der Waals surface area contributed by atoms with Gasteiger partial charge in [0.25, 0.3) is 11.3 Å². The van der Waals surface area contributed by atoms with Crippen LogP contribution >= 0.6 is 22.9 Å². The third-order valence-corrected chi connectivity index (χ3v) is 4.95. The number of fused-ring (bicyclic) bond motifs is 1. The number of carbonyl (C=O) groups excluding carboxylic acids is 1. The monoisotopic (exact) mass is 404 g/mol. The van der Waals surface area contributed by atoms with Crippen molar-refractivity contribution in [1.82, 2.24) is 14.5 Å². The molecular weight excluding hydrogens is 393 g/mol. The van der Waals surface area contributed by atoms with Crippen LogP contribution in [-0.4, -0.2) is 25.5 Å². The number of nitrogens with one attached hydrogen (secondary N) is 1. The molecule has 0 fully saturated rings. The first-order valence-electron chi connectivity index (χ1n) is 7.78. The Labute approximate surface area is 161 Å². The molecule has 0 aliphatic carbocycles. The summed E-state index contributed by atoms with van der Waals surface area (Å²) in [5.74, 6) is -1.13. The van der Waals surface area contributed by atoms with Crippen molar-refractivity contribution in [3.05, 3.63) is 69.8 Å². The molecule has 7 nitrogen and oxygen atoms in total. The number of imidazole rings is 1. The second-order valence-corrected chi connectivity index (χ2v) is 7.28. The second-order valence-electron chi connectivity index (χ2n) is 5.58. The van der Waals surface area contributed by atoms with Gasteiger partial charge in [-0.1, -0.05) is 17.7 Å². The number of hydrogen-bond acceptors (Lipinski definition) is 5. The van der Waals surface area contributed by atoms with Gasteiger partial charge in [0.1, 0.15) is 18.2 Å². The van der Waals surface area contributed by atoms with E-state index in [4.69, 9.17) is 11.6 Å². The predicted octanol–water partition coefficient (Wildman–Crippen LogP) is 2.88. The summed E-state index contributed by atoms with van der Waals surface area (Å²) in [6.07, 6.45) is 4.28. The van der Waals surface area contributed by atoms with E-state index in [-0.39, 0.29) is 17.4 Å². The third kappa shape index (κ3) is 3.34. The zero-order valence-electron chi connectivity index (χ0n) is 13.6. The van der Waals surface area contributed by atoms with Crippen molar-refractivity contribution in [2.45, 2.75) is 6.54 Å². The molecule has 136 valence electrons. The van der Waals surface area contributed by atoms with Crippen LogP contribution in [0.1, 0.15) is 15.4 Å². The minimum absolute atomic E-state index is 0.0346. The smallest absolute Gasteiger partial charge is 0.337 e. The van der Waals surface area contributed by atoms with Crippen LogP contribution in [0, 0.1) is 5.82 Å². The molecule has 0 aliphatic heterocycles. The van der Waals surface area contributed by atoms with Crippen molar-refractivity contribution in [1.29, 1.82) is 0 Å². The lowest BCUT2D eigenvalue weighted by Crippen LogP contribution is -2.30. The number of halogens is 2. The molecule has 27 heavy (non-hydrogen) atoms. The lowest BCUT2D eigenvalue weighted by molar-refractivity contribution is -0.513. The van der Waals surface area contributed by atoms with Crippen LogP contribution in [0.2, 0.25) is 4.47 Å². The van der Waals surface area contributed by atoms with Crippen molar-refractivity contribution < 1.29 is 18.7 Å². The van der Waals surface area contributed by atoms with Crippen molar-refractivity contribution in [3.63, 3.8) is 0 Å². The number of nitrogens with zero attached hydrogens (tertiary/aromatic N) is 4. The molecule has 2 N–H and O–H groups in total.